The van der Waals surface area contributed by atoms with Crippen LogP contribution in [0.15, 0.2) is 34.9 Å². The number of hydrogen-bond donors (Lipinski definition) is 1. The fraction of sp³-hybridized carbons (Fsp3) is 0.333. The molecular formula is C15H18N2O3. The number of nitrogens with zero attached hydrogens (tertiary/aromatic N) is 2. The van der Waals surface area contributed by atoms with E-state index in [9.17, 15) is 9.90 Å². The molecule has 0 atom stereocenters. The fourth-order valence-corrected chi connectivity index (χ4v) is 1.87. The first-order chi connectivity index (χ1) is 9.47. The number of hydrogen-bond acceptors (Lipinski definition) is 4. The largest absolute Gasteiger partial charge is 0.478 e. The normalized spacial score (nSPS) is 10.8. The Morgan fingerprint density at radius 1 is 1.45 bits per heavy atom. The second kappa shape index (κ2) is 5.77. The van der Waals surface area contributed by atoms with Gasteiger partial charge in [-0.05, 0) is 30.2 Å². The number of anilines is 1. The van der Waals surface area contributed by atoms with E-state index >= 15 is 0 Å². The van der Waals surface area contributed by atoms with Gasteiger partial charge < -0.3 is 14.4 Å². The molecule has 0 saturated heterocycles. The van der Waals surface area contributed by atoms with Gasteiger partial charge in [-0.2, -0.15) is 0 Å². The highest BCUT2D eigenvalue weighted by Gasteiger charge is 2.14. The van der Waals surface area contributed by atoms with Crippen molar-refractivity contribution in [1.82, 2.24) is 4.98 Å². The molecular weight excluding hydrogens is 256 g/mol. The Morgan fingerprint density at radius 3 is 2.75 bits per heavy atom. The molecule has 0 fully saturated rings. The third kappa shape index (κ3) is 3.17. The van der Waals surface area contributed by atoms with Gasteiger partial charge in [-0.3, -0.25) is 0 Å². The van der Waals surface area contributed by atoms with Crippen LogP contribution in [0.5, 0.6) is 0 Å². The van der Waals surface area contributed by atoms with Gasteiger partial charge in [0.1, 0.15) is 11.6 Å². The number of carboxylic acids is 1. The number of aromatic carboxylic acids is 1. The van der Waals surface area contributed by atoms with Crippen molar-refractivity contribution in [1.29, 1.82) is 0 Å². The maximum absolute atomic E-state index is 11.2. The van der Waals surface area contributed by atoms with Gasteiger partial charge in [0.15, 0.2) is 0 Å². The predicted molar refractivity (Wildman–Crippen MR) is 76.1 cm³/mol. The van der Waals surface area contributed by atoms with Gasteiger partial charge in [-0.15, -0.1) is 0 Å². The predicted octanol–water partition coefficient (Wildman–Crippen LogP) is 3.13. The van der Waals surface area contributed by atoms with Gasteiger partial charge in [0, 0.05) is 12.7 Å². The van der Waals surface area contributed by atoms with Crippen molar-refractivity contribution in [2.24, 2.45) is 0 Å². The molecule has 0 radical (unpaired) electrons. The van der Waals surface area contributed by atoms with E-state index in [-0.39, 0.29) is 11.5 Å². The summed E-state index contributed by atoms with van der Waals surface area (Å²) in [6, 6.07) is 6.90. The summed E-state index contributed by atoms with van der Waals surface area (Å²) in [4.78, 5) is 17.6. The zero-order valence-electron chi connectivity index (χ0n) is 11.8. The maximum Gasteiger partial charge on any atom is 0.335 e. The highest BCUT2D eigenvalue weighted by Crippen LogP contribution is 2.21. The Labute approximate surface area is 117 Å². The van der Waals surface area contributed by atoms with Gasteiger partial charge in [-0.1, -0.05) is 13.8 Å². The highest BCUT2D eigenvalue weighted by atomic mass is 16.4. The van der Waals surface area contributed by atoms with Crippen LogP contribution in [-0.4, -0.2) is 23.1 Å². The van der Waals surface area contributed by atoms with Crippen molar-refractivity contribution < 1.29 is 14.3 Å². The third-order valence-electron chi connectivity index (χ3n) is 3.03. The summed E-state index contributed by atoms with van der Waals surface area (Å²) in [7, 11) is 1.86. The molecule has 0 spiro atoms. The Morgan fingerprint density at radius 2 is 2.20 bits per heavy atom. The molecule has 0 aliphatic carbocycles. The molecule has 0 amide bonds. The van der Waals surface area contributed by atoms with Crippen LogP contribution in [0.2, 0.25) is 0 Å². The van der Waals surface area contributed by atoms with Crippen molar-refractivity contribution in [3.05, 3.63) is 47.5 Å². The zero-order chi connectivity index (χ0) is 14.7. The average molecular weight is 274 g/mol. The van der Waals surface area contributed by atoms with E-state index in [0.717, 1.165) is 11.5 Å². The van der Waals surface area contributed by atoms with Crippen molar-refractivity contribution >= 4 is 11.8 Å². The zero-order valence-corrected chi connectivity index (χ0v) is 11.8. The maximum atomic E-state index is 11.2. The number of aromatic nitrogens is 1. The summed E-state index contributed by atoms with van der Waals surface area (Å²) in [6.07, 6.45) is 1.61. The average Bonchev–Trinajstić information content (AvgIpc) is 2.90. The first-order valence-corrected chi connectivity index (χ1v) is 6.46. The summed E-state index contributed by atoms with van der Waals surface area (Å²) in [5.41, 5.74) is 1.02. The standard InChI is InChI=1S/C15H18N2O3/c1-10(2)13-7-11(15(18)19)8-14(16-13)17(3)9-12-5-4-6-20-12/h4-8,10H,9H2,1-3H3,(H,18,19). The lowest BCUT2D eigenvalue weighted by Gasteiger charge is -2.19. The molecule has 2 aromatic rings. The molecule has 0 bridgehead atoms. The Hall–Kier alpha value is -2.30. The van der Waals surface area contributed by atoms with E-state index in [0.29, 0.717) is 12.4 Å². The molecule has 0 aliphatic rings. The lowest BCUT2D eigenvalue weighted by molar-refractivity contribution is 0.0696. The monoisotopic (exact) mass is 274 g/mol. The second-order valence-corrected chi connectivity index (χ2v) is 5.03. The van der Waals surface area contributed by atoms with Crippen LogP contribution < -0.4 is 4.90 Å². The smallest absolute Gasteiger partial charge is 0.335 e. The Bertz CT molecular complexity index is 591. The molecule has 1 N–H and O–H groups in total. The minimum atomic E-state index is -0.943. The molecule has 0 aromatic carbocycles. The van der Waals surface area contributed by atoms with Crippen LogP contribution in [0.1, 0.15) is 41.6 Å². The van der Waals surface area contributed by atoms with Crippen molar-refractivity contribution in [3.8, 4) is 0 Å². The number of pyridine rings is 1. The second-order valence-electron chi connectivity index (χ2n) is 5.03. The third-order valence-corrected chi connectivity index (χ3v) is 3.03. The van der Waals surface area contributed by atoms with Crippen LogP contribution in [0.25, 0.3) is 0 Å². The molecule has 0 unspecified atom stereocenters. The SMILES string of the molecule is CC(C)c1cc(C(=O)O)cc(N(C)Cc2ccco2)n1. The van der Waals surface area contributed by atoms with Gasteiger partial charge >= 0.3 is 5.97 Å². The van der Waals surface area contributed by atoms with Crippen LogP contribution in [0.3, 0.4) is 0 Å². The van der Waals surface area contributed by atoms with Crippen molar-refractivity contribution in [3.63, 3.8) is 0 Å². The molecule has 2 heterocycles. The molecule has 0 saturated carbocycles. The first-order valence-electron chi connectivity index (χ1n) is 6.46. The Balaban J connectivity index is 2.32. The van der Waals surface area contributed by atoms with E-state index in [4.69, 9.17) is 4.42 Å². The van der Waals surface area contributed by atoms with Crippen LogP contribution in [0.4, 0.5) is 5.82 Å². The molecule has 5 heteroatoms. The number of carbonyl (C=O) groups is 1. The summed E-state index contributed by atoms with van der Waals surface area (Å²) in [5.74, 6) is 0.665. The van der Waals surface area contributed by atoms with Crippen LogP contribution >= 0.6 is 0 Å². The highest BCUT2D eigenvalue weighted by molar-refractivity contribution is 5.88. The number of furan rings is 1. The summed E-state index contributed by atoms with van der Waals surface area (Å²) >= 11 is 0. The van der Waals surface area contributed by atoms with Crippen molar-refractivity contribution in [2.45, 2.75) is 26.3 Å². The molecule has 106 valence electrons. The molecule has 20 heavy (non-hydrogen) atoms. The summed E-state index contributed by atoms with van der Waals surface area (Å²) < 4.78 is 5.30. The van der Waals surface area contributed by atoms with Gasteiger partial charge in [-0.25, -0.2) is 9.78 Å². The number of rotatable bonds is 5. The molecule has 2 aromatic heterocycles. The first kappa shape index (κ1) is 14.1. The summed E-state index contributed by atoms with van der Waals surface area (Å²) in [5, 5.41) is 9.19. The summed E-state index contributed by atoms with van der Waals surface area (Å²) in [6.45, 7) is 4.52. The van der Waals surface area contributed by atoms with Gasteiger partial charge in [0.2, 0.25) is 0 Å². The van der Waals surface area contributed by atoms with Gasteiger partial charge in [0.05, 0.1) is 18.4 Å². The van der Waals surface area contributed by atoms with Crippen LogP contribution in [-0.2, 0) is 6.54 Å². The van der Waals surface area contributed by atoms with Gasteiger partial charge in [0.25, 0.3) is 0 Å². The topological polar surface area (TPSA) is 66.6 Å². The Kier molecular flexibility index (Phi) is 4.08. The molecule has 5 nitrogen and oxygen atoms in total. The molecule has 0 aliphatic heterocycles. The van der Waals surface area contributed by atoms with Crippen molar-refractivity contribution in [2.75, 3.05) is 11.9 Å². The molecule has 2 rings (SSSR count). The van der Waals surface area contributed by atoms with E-state index < -0.39 is 5.97 Å². The minimum Gasteiger partial charge on any atom is -0.478 e. The van der Waals surface area contributed by atoms with E-state index in [1.165, 1.54) is 0 Å². The minimum absolute atomic E-state index is 0.171. The van der Waals surface area contributed by atoms with E-state index in [1.807, 2.05) is 37.9 Å². The fourth-order valence-electron chi connectivity index (χ4n) is 1.87. The van der Waals surface area contributed by atoms with E-state index in [2.05, 4.69) is 4.98 Å². The number of carboxylic acid groups (broad SMARTS) is 1. The lowest BCUT2D eigenvalue weighted by Crippen LogP contribution is -2.19. The lowest BCUT2D eigenvalue weighted by atomic mass is 10.1. The van der Waals surface area contributed by atoms with Crippen LogP contribution in [0, 0.1) is 0 Å². The quantitative estimate of drug-likeness (QED) is 0.907. The van der Waals surface area contributed by atoms with E-state index in [1.54, 1.807) is 18.4 Å².